The molecule has 0 unspecified atom stereocenters. The summed E-state index contributed by atoms with van der Waals surface area (Å²) in [7, 11) is 0. The molecule has 1 aliphatic carbocycles. The maximum absolute atomic E-state index is 14.0. The summed E-state index contributed by atoms with van der Waals surface area (Å²) >= 11 is 0. The van der Waals surface area contributed by atoms with Crippen LogP contribution >= 0.6 is 0 Å². The highest BCUT2D eigenvalue weighted by Crippen LogP contribution is 2.26. The summed E-state index contributed by atoms with van der Waals surface area (Å²) in [5, 5.41) is 23.2. The second kappa shape index (κ2) is 7.63. The van der Waals surface area contributed by atoms with E-state index in [-0.39, 0.29) is 29.3 Å². The minimum absolute atomic E-state index is 0.00579. The van der Waals surface area contributed by atoms with Crippen molar-refractivity contribution in [1.29, 1.82) is 5.26 Å². The van der Waals surface area contributed by atoms with Crippen molar-refractivity contribution in [1.82, 2.24) is 10.3 Å². The van der Waals surface area contributed by atoms with Crippen molar-refractivity contribution in [3.05, 3.63) is 17.4 Å². The number of hydrogen-bond donors (Lipinski definition) is 3. The van der Waals surface area contributed by atoms with Gasteiger partial charge in [0, 0.05) is 18.2 Å². The van der Waals surface area contributed by atoms with E-state index >= 15 is 0 Å². The largest absolute Gasteiger partial charge is 0.477 e. The molecule has 0 atom stereocenters. The Morgan fingerprint density at radius 3 is 2.70 bits per heavy atom. The highest BCUT2D eigenvalue weighted by Gasteiger charge is 2.24. The van der Waals surface area contributed by atoms with Crippen LogP contribution in [0, 0.1) is 17.1 Å². The molecular formula is C15H19FN4O3. The van der Waals surface area contributed by atoms with Gasteiger partial charge >= 0.3 is 6.09 Å². The molecular weight excluding hydrogens is 303 g/mol. The van der Waals surface area contributed by atoms with Gasteiger partial charge in [0.2, 0.25) is 5.88 Å². The number of amides is 1. The molecule has 0 radical (unpaired) electrons. The SMILES string of the molecule is CCOc1nc(N[C@H]2CC[C@H](NC(=O)O)CC2)c(F)cc1C#N. The van der Waals surface area contributed by atoms with Crippen molar-refractivity contribution in [2.45, 2.75) is 44.7 Å². The van der Waals surface area contributed by atoms with Crippen LogP contribution in [0.1, 0.15) is 38.2 Å². The first-order chi connectivity index (χ1) is 11.0. The molecule has 2 rings (SSSR count). The van der Waals surface area contributed by atoms with Crippen molar-refractivity contribution >= 4 is 11.9 Å². The fourth-order valence-electron chi connectivity index (χ4n) is 2.65. The zero-order valence-electron chi connectivity index (χ0n) is 12.8. The Bertz CT molecular complexity index is 609. The Labute approximate surface area is 133 Å². The number of aromatic nitrogens is 1. The average Bonchev–Trinajstić information content (AvgIpc) is 2.52. The summed E-state index contributed by atoms with van der Waals surface area (Å²) in [5.74, 6) is -0.432. The third-order valence-corrected chi connectivity index (χ3v) is 3.74. The number of pyridine rings is 1. The van der Waals surface area contributed by atoms with Crippen molar-refractivity contribution < 1.29 is 19.0 Å². The van der Waals surface area contributed by atoms with Gasteiger partial charge < -0.3 is 20.5 Å². The van der Waals surface area contributed by atoms with Crippen LogP contribution in [0.5, 0.6) is 5.88 Å². The molecule has 1 aromatic rings. The molecule has 7 nitrogen and oxygen atoms in total. The number of nitrogens with zero attached hydrogens (tertiary/aromatic N) is 2. The van der Waals surface area contributed by atoms with E-state index in [1.165, 1.54) is 0 Å². The summed E-state index contributed by atoms with van der Waals surface area (Å²) in [6, 6.07) is 2.91. The monoisotopic (exact) mass is 322 g/mol. The standard InChI is InChI=1S/C15H19FN4O3/c1-2-23-14-9(8-17)7-12(16)13(20-14)18-10-3-5-11(6-4-10)19-15(21)22/h7,10-11,19H,2-6H2,1H3,(H,18,20)(H,21,22)/t10-,11-. The van der Waals surface area contributed by atoms with E-state index in [1.807, 2.05) is 6.07 Å². The molecule has 3 N–H and O–H groups in total. The summed E-state index contributed by atoms with van der Waals surface area (Å²) in [6.07, 6.45) is 1.74. The van der Waals surface area contributed by atoms with E-state index < -0.39 is 11.9 Å². The van der Waals surface area contributed by atoms with Gasteiger partial charge in [-0.1, -0.05) is 0 Å². The lowest BCUT2D eigenvalue weighted by atomic mass is 9.91. The first-order valence-electron chi connectivity index (χ1n) is 7.53. The molecule has 124 valence electrons. The van der Waals surface area contributed by atoms with Crippen LogP contribution in [0.25, 0.3) is 0 Å². The normalized spacial score (nSPS) is 20.4. The van der Waals surface area contributed by atoms with E-state index in [1.54, 1.807) is 6.92 Å². The maximum atomic E-state index is 14.0. The Hall–Kier alpha value is -2.56. The highest BCUT2D eigenvalue weighted by atomic mass is 19.1. The minimum atomic E-state index is -1.03. The first-order valence-corrected chi connectivity index (χ1v) is 7.53. The van der Waals surface area contributed by atoms with Gasteiger partial charge in [0.15, 0.2) is 11.6 Å². The highest BCUT2D eigenvalue weighted by molar-refractivity contribution is 5.64. The fourth-order valence-corrected chi connectivity index (χ4v) is 2.65. The molecule has 0 aromatic carbocycles. The van der Waals surface area contributed by atoms with Crippen LogP contribution in [0.4, 0.5) is 15.0 Å². The number of hydrogen-bond acceptors (Lipinski definition) is 5. The second-order valence-electron chi connectivity index (χ2n) is 5.36. The Kier molecular flexibility index (Phi) is 5.57. The van der Waals surface area contributed by atoms with Crippen molar-refractivity contribution in [2.75, 3.05) is 11.9 Å². The molecule has 0 spiro atoms. The molecule has 1 fully saturated rings. The van der Waals surface area contributed by atoms with Gasteiger partial charge in [-0.25, -0.2) is 9.18 Å². The summed E-state index contributed by atoms with van der Waals surface area (Å²) in [5.41, 5.74) is 0.0595. The molecule has 1 amide bonds. The van der Waals surface area contributed by atoms with E-state index in [4.69, 9.17) is 15.1 Å². The van der Waals surface area contributed by atoms with Crippen LogP contribution in [0.3, 0.4) is 0 Å². The molecule has 1 heterocycles. The number of rotatable bonds is 5. The quantitative estimate of drug-likeness (QED) is 0.769. The zero-order chi connectivity index (χ0) is 16.8. The van der Waals surface area contributed by atoms with Gasteiger partial charge in [-0.3, -0.25) is 0 Å². The second-order valence-corrected chi connectivity index (χ2v) is 5.36. The summed E-state index contributed by atoms with van der Waals surface area (Å²) < 4.78 is 19.3. The van der Waals surface area contributed by atoms with E-state index in [0.717, 1.165) is 6.07 Å². The van der Waals surface area contributed by atoms with Crippen LogP contribution in [-0.4, -0.2) is 34.9 Å². The first kappa shape index (κ1) is 16.8. The van der Waals surface area contributed by atoms with Crippen LogP contribution < -0.4 is 15.4 Å². The Morgan fingerprint density at radius 1 is 1.48 bits per heavy atom. The van der Waals surface area contributed by atoms with Crippen molar-refractivity contribution in [2.24, 2.45) is 0 Å². The molecule has 0 bridgehead atoms. The Morgan fingerprint density at radius 2 is 2.13 bits per heavy atom. The summed E-state index contributed by atoms with van der Waals surface area (Å²) in [6.45, 7) is 2.09. The molecule has 0 saturated heterocycles. The van der Waals surface area contributed by atoms with Crippen LogP contribution in [0.2, 0.25) is 0 Å². The Balaban J connectivity index is 2.02. The number of carboxylic acid groups (broad SMARTS) is 1. The number of halogens is 1. The smallest absolute Gasteiger partial charge is 0.404 e. The third-order valence-electron chi connectivity index (χ3n) is 3.74. The zero-order valence-corrected chi connectivity index (χ0v) is 12.8. The number of anilines is 1. The molecule has 1 aliphatic rings. The lowest BCUT2D eigenvalue weighted by Gasteiger charge is -2.29. The molecule has 1 aromatic heterocycles. The molecule has 23 heavy (non-hydrogen) atoms. The van der Waals surface area contributed by atoms with Crippen LogP contribution in [-0.2, 0) is 0 Å². The minimum Gasteiger partial charge on any atom is -0.477 e. The predicted molar refractivity (Wildman–Crippen MR) is 80.9 cm³/mol. The van der Waals surface area contributed by atoms with Gasteiger partial charge in [0.05, 0.1) is 6.61 Å². The molecule has 1 saturated carbocycles. The lowest BCUT2D eigenvalue weighted by molar-refractivity contribution is 0.185. The average molecular weight is 322 g/mol. The van der Waals surface area contributed by atoms with Gasteiger partial charge in [-0.15, -0.1) is 0 Å². The number of nitriles is 1. The molecule has 8 heteroatoms. The topological polar surface area (TPSA) is 107 Å². The lowest BCUT2D eigenvalue weighted by Crippen LogP contribution is -2.39. The molecule has 0 aliphatic heterocycles. The van der Waals surface area contributed by atoms with Gasteiger partial charge in [0.1, 0.15) is 11.6 Å². The van der Waals surface area contributed by atoms with Crippen molar-refractivity contribution in [3.8, 4) is 11.9 Å². The van der Waals surface area contributed by atoms with Crippen LogP contribution in [0.15, 0.2) is 6.07 Å². The van der Waals surface area contributed by atoms with Gasteiger partial charge in [0.25, 0.3) is 0 Å². The van der Waals surface area contributed by atoms with Gasteiger partial charge in [-0.2, -0.15) is 10.2 Å². The number of ether oxygens (including phenoxy) is 1. The van der Waals surface area contributed by atoms with Gasteiger partial charge in [-0.05, 0) is 32.6 Å². The fraction of sp³-hybridized carbons (Fsp3) is 0.533. The van der Waals surface area contributed by atoms with E-state index in [0.29, 0.717) is 32.3 Å². The third kappa shape index (κ3) is 4.45. The van der Waals surface area contributed by atoms with E-state index in [2.05, 4.69) is 15.6 Å². The number of carbonyl (C=O) groups is 1. The predicted octanol–water partition coefficient (Wildman–Crippen LogP) is 2.48. The number of nitrogens with one attached hydrogen (secondary N) is 2. The summed E-state index contributed by atoms with van der Waals surface area (Å²) in [4.78, 5) is 14.7. The van der Waals surface area contributed by atoms with Crippen molar-refractivity contribution in [3.63, 3.8) is 0 Å². The maximum Gasteiger partial charge on any atom is 0.404 e. The van der Waals surface area contributed by atoms with E-state index in [9.17, 15) is 9.18 Å².